The Balaban J connectivity index is 1.36. The molecule has 5 aliphatic carbocycles. The highest BCUT2D eigenvalue weighted by Crippen LogP contribution is 2.74. The lowest BCUT2D eigenvalue weighted by atomic mass is 9.35. The van der Waals surface area contributed by atoms with Gasteiger partial charge in [0, 0.05) is 16.2 Å². The summed E-state index contributed by atoms with van der Waals surface area (Å²) >= 11 is 0. The van der Waals surface area contributed by atoms with E-state index >= 15 is 0 Å². The van der Waals surface area contributed by atoms with Gasteiger partial charge in [-0.25, -0.2) is 0 Å². The molecule has 14 atom stereocenters. The molecule has 6 N–H and O–H groups in total. The molecular formula is C36H58O8. The van der Waals surface area contributed by atoms with Crippen molar-refractivity contribution in [2.45, 2.75) is 143 Å². The Kier molecular flexibility index (Phi) is 7.95. The fourth-order valence-electron chi connectivity index (χ4n) is 11.6. The molecule has 0 aromatic carbocycles. The molecule has 0 bridgehead atoms. The molecule has 6 rings (SSSR count). The van der Waals surface area contributed by atoms with E-state index in [-0.39, 0.29) is 46.7 Å². The van der Waals surface area contributed by atoms with Crippen molar-refractivity contribution in [1.82, 2.24) is 0 Å². The Labute approximate surface area is 263 Å². The molecule has 4 fully saturated rings. The van der Waals surface area contributed by atoms with Gasteiger partial charge in [-0.3, -0.25) is 0 Å². The molecule has 6 aliphatic rings. The molecule has 1 heterocycles. The second kappa shape index (κ2) is 10.6. The van der Waals surface area contributed by atoms with E-state index < -0.39 is 53.7 Å². The van der Waals surface area contributed by atoms with Crippen LogP contribution in [-0.2, 0) is 9.47 Å². The number of aliphatic hydroxyl groups excluding tert-OH is 6. The van der Waals surface area contributed by atoms with Crippen LogP contribution in [0.1, 0.15) is 99.8 Å². The predicted octanol–water partition coefficient (Wildman–Crippen LogP) is 3.86. The summed E-state index contributed by atoms with van der Waals surface area (Å²) < 4.78 is 12.3. The first kappa shape index (κ1) is 33.1. The predicted molar refractivity (Wildman–Crippen MR) is 166 cm³/mol. The van der Waals surface area contributed by atoms with Gasteiger partial charge in [0.05, 0.1) is 31.5 Å². The van der Waals surface area contributed by atoms with Crippen LogP contribution in [0.2, 0.25) is 0 Å². The number of aliphatic hydroxyl groups is 6. The third-order valence-electron chi connectivity index (χ3n) is 14.7. The number of ether oxygens (including phenoxy) is 2. The van der Waals surface area contributed by atoms with Crippen molar-refractivity contribution in [2.24, 2.45) is 44.3 Å². The quantitative estimate of drug-likeness (QED) is 0.261. The van der Waals surface area contributed by atoms with Crippen LogP contribution in [0, 0.1) is 44.3 Å². The third kappa shape index (κ3) is 4.31. The SMILES string of the molecule is C[C@H]1O[C@@H](O[C@H]2CC[C@@]3(C)[C@@H](CC[C@]4(C)[C@@H]3C=CC3=C5CC(C)(C)CC[C@]5(CO)[C@H](O)C[C@]34C)[C@]2(C)CO)[C@H](O)[C@@H](O)[C@H]1O. The van der Waals surface area contributed by atoms with E-state index in [0.29, 0.717) is 12.8 Å². The maximum absolute atomic E-state index is 11.9. The first-order valence-electron chi connectivity index (χ1n) is 17.1. The second-order valence-electron chi connectivity index (χ2n) is 17.5. The van der Waals surface area contributed by atoms with Gasteiger partial charge in [-0.2, -0.15) is 0 Å². The van der Waals surface area contributed by atoms with Gasteiger partial charge in [0.1, 0.15) is 18.3 Å². The van der Waals surface area contributed by atoms with Gasteiger partial charge in [-0.15, -0.1) is 0 Å². The van der Waals surface area contributed by atoms with Gasteiger partial charge in [0.15, 0.2) is 6.29 Å². The molecule has 0 radical (unpaired) electrons. The van der Waals surface area contributed by atoms with E-state index in [2.05, 4.69) is 53.7 Å². The Morgan fingerprint density at radius 2 is 1.57 bits per heavy atom. The first-order valence-corrected chi connectivity index (χ1v) is 17.1. The van der Waals surface area contributed by atoms with Crippen molar-refractivity contribution in [3.63, 3.8) is 0 Å². The molecule has 1 aliphatic heterocycles. The monoisotopic (exact) mass is 618 g/mol. The summed E-state index contributed by atoms with van der Waals surface area (Å²) in [7, 11) is 0. The van der Waals surface area contributed by atoms with Crippen LogP contribution in [0.3, 0.4) is 0 Å². The van der Waals surface area contributed by atoms with Crippen LogP contribution in [0.5, 0.6) is 0 Å². The lowest BCUT2D eigenvalue weighted by Crippen LogP contribution is -2.66. The molecule has 250 valence electrons. The highest BCUT2D eigenvalue weighted by Gasteiger charge is 2.69. The minimum absolute atomic E-state index is 0.0165. The van der Waals surface area contributed by atoms with E-state index in [4.69, 9.17) is 9.47 Å². The van der Waals surface area contributed by atoms with Crippen LogP contribution in [0.15, 0.2) is 23.3 Å². The number of fused-ring (bicyclic) bond motifs is 6. The number of hydrogen-bond acceptors (Lipinski definition) is 8. The normalized spacial score (nSPS) is 55.1. The Bertz CT molecular complexity index is 1200. The standard InChI is InChI=1S/C36H58O8/c1-20-27(40)28(41)29(42)30(43-20)44-26-11-12-32(4)23(33(26,5)18-37)10-13-34(6)24(32)9-8-21-22-16-31(2,3)14-15-36(22,19-38)25(39)17-35(21,34)7/h8-9,20,23-30,37-42H,10-19H2,1-7H3/t20-,23-,24-,25-,26+,27+,28+,29-,30+,32+,33+,34-,35-,36-/m1/s1. The van der Waals surface area contributed by atoms with Gasteiger partial charge in [0.25, 0.3) is 0 Å². The highest BCUT2D eigenvalue weighted by atomic mass is 16.7. The van der Waals surface area contributed by atoms with Crippen molar-refractivity contribution in [3.8, 4) is 0 Å². The van der Waals surface area contributed by atoms with Crippen molar-refractivity contribution in [3.05, 3.63) is 23.3 Å². The molecular weight excluding hydrogens is 560 g/mol. The topological polar surface area (TPSA) is 140 Å². The Hall–Kier alpha value is -0.840. The number of rotatable bonds is 4. The van der Waals surface area contributed by atoms with Crippen LogP contribution in [0.25, 0.3) is 0 Å². The zero-order valence-electron chi connectivity index (χ0n) is 27.9. The van der Waals surface area contributed by atoms with Gasteiger partial charge < -0.3 is 40.1 Å². The summed E-state index contributed by atoms with van der Waals surface area (Å²) in [5.74, 6) is 0.348. The molecule has 8 heteroatoms. The molecule has 8 nitrogen and oxygen atoms in total. The van der Waals surface area contributed by atoms with Gasteiger partial charge in [-0.05, 0) is 91.9 Å². The number of allylic oxidation sites excluding steroid dienone is 3. The summed E-state index contributed by atoms with van der Waals surface area (Å²) in [6, 6.07) is 0. The summed E-state index contributed by atoms with van der Waals surface area (Å²) in [5.41, 5.74) is 1.04. The van der Waals surface area contributed by atoms with E-state index in [1.165, 1.54) is 11.1 Å². The summed E-state index contributed by atoms with van der Waals surface area (Å²) in [6.07, 6.45) is 4.77. The largest absolute Gasteiger partial charge is 0.396 e. The highest BCUT2D eigenvalue weighted by molar-refractivity contribution is 5.47. The average molecular weight is 619 g/mol. The molecule has 3 saturated carbocycles. The van der Waals surface area contributed by atoms with Gasteiger partial charge >= 0.3 is 0 Å². The Morgan fingerprint density at radius 3 is 2.23 bits per heavy atom. The molecule has 0 aromatic heterocycles. The zero-order valence-corrected chi connectivity index (χ0v) is 27.9. The number of hydrogen-bond donors (Lipinski definition) is 6. The summed E-state index contributed by atoms with van der Waals surface area (Å²) in [6.45, 7) is 15.4. The van der Waals surface area contributed by atoms with E-state index in [1.807, 2.05) is 0 Å². The lowest BCUT2D eigenvalue weighted by Gasteiger charge is -2.70. The summed E-state index contributed by atoms with van der Waals surface area (Å²) in [4.78, 5) is 0. The van der Waals surface area contributed by atoms with Crippen LogP contribution in [0.4, 0.5) is 0 Å². The second-order valence-corrected chi connectivity index (χ2v) is 17.5. The fraction of sp³-hybridized carbons (Fsp3) is 0.889. The van der Waals surface area contributed by atoms with Gasteiger partial charge in [0.2, 0.25) is 0 Å². The van der Waals surface area contributed by atoms with E-state index in [9.17, 15) is 30.6 Å². The molecule has 0 spiro atoms. The Morgan fingerprint density at radius 1 is 0.864 bits per heavy atom. The van der Waals surface area contributed by atoms with Crippen LogP contribution in [-0.4, -0.2) is 86.8 Å². The van der Waals surface area contributed by atoms with Crippen LogP contribution < -0.4 is 0 Å². The van der Waals surface area contributed by atoms with Crippen LogP contribution >= 0.6 is 0 Å². The fourth-order valence-corrected chi connectivity index (χ4v) is 11.6. The lowest BCUT2D eigenvalue weighted by molar-refractivity contribution is -0.327. The maximum atomic E-state index is 11.9. The summed E-state index contributed by atoms with van der Waals surface area (Å²) in [5, 5.41) is 65.0. The van der Waals surface area contributed by atoms with Crippen molar-refractivity contribution in [1.29, 1.82) is 0 Å². The minimum Gasteiger partial charge on any atom is -0.396 e. The van der Waals surface area contributed by atoms with Crippen molar-refractivity contribution >= 4 is 0 Å². The minimum atomic E-state index is -1.38. The smallest absolute Gasteiger partial charge is 0.186 e. The first-order chi connectivity index (χ1) is 20.4. The van der Waals surface area contributed by atoms with Crippen molar-refractivity contribution < 1.29 is 40.1 Å². The zero-order chi connectivity index (χ0) is 32.3. The van der Waals surface area contributed by atoms with Gasteiger partial charge in [-0.1, -0.05) is 59.3 Å². The molecule has 0 unspecified atom stereocenters. The maximum Gasteiger partial charge on any atom is 0.186 e. The van der Waals surface area contributed by atoms with E-state index in [0.717, 1.165) is 38.5 Å². The third-order valence-corrected chi connectivity index (χ3v) is 14.7. The van der Waals surface area contributed by atoms with E-state index in [1.54, 1.807) is 6.92 Å². The molecule has 0 amide bonds. The molecule has 1 saturated heterocycles. The van der Waals surface area contributed by atoms with Crippen molar-refractivity contribution in [2.75, 3.05) is 13.2 Å². The molecule has 44 heavy (non-hydrogen) atoms. The average Bonchev–Trinajstić information content (AvgIpc) is 2.96. The molecule has 0 aromatic rings.